The van der Waals surface area contributed by atoms with Crippen molar-refractivity contribution in [2.45, 2.75) is 13.5 Å². The van der Waals surface area contributed by atoms with E-state index >= 15 is 0 Å². The van der Waals surface area contributed by atoms with Crippen LogP contribution in [0.1, 0.15) is 17.3 Å². The molecule has 35 heavy (non-hydrogen) atoms. The number of carbonyl (C=O) groups is 2. The number of piperazine rings is 1. The van der Waals surface area contributed by atoms with Crippen molar-refractivity contribution < 1.29 is 9.59 Å². The summed E-state index contributed by atoms with van der Waals surface area (Å²) in [6, 6.07) is 24.8. The number of fused-ring (bicyclic) bond motifs is 1. The highest BCUT2D eigenvalue weighted by Gasteiger charge is 2.22. The minimum Gasteiger partial charge on any atom is -0.368 e. The molecule has 1 amide bonds. The SMILES string of the molecule is CC(=O)c1ccc(N2CCN(C(=O)Cn3nc(-c4ccc5ccccc5c4)ccc3=O)CC2)cc1. The zero-order valence-electron chi connectivity index (χ0n) is 19.6. The van der Waals surface area contributed by atoms with E-state index in [0.717, 1.165) is 22.0 Å². The normalized spacial score (nSPS) is 13.7. The topological polar surface area (TPSA) is 75.5 Å². The van der Waals surface area contributed by atoms with Crippen molar-refractivity contribution in [3.63, 3.8) is 0 Å². The molecule has 1 fully saturated rings. The zero-order valence-corrected chi connectivity index (χ0v) is 19.6. The van der Waals surface area contributed by atoms with Crippen molar-refractivity contribution in [2.24, 2.45) is 0 Å². The van der Waals surface area contributed by atoms with Gasteiger partial charge in [0.25, 0.3) is 5.56 Å². The Bertz CT molecular complexity index is 1450. The number of hydrogen-bond donors (Lipinski definition) is 0. The summed E-state index contributed by atoms with van der Waals surface area (Å²) in [6.07, 6.45) is 0. The summed E-state index contributed by atoms with van der Waals surface area (Å²) < 4.78 is 1.25. The van der Waals surface area contributed by atoms with Gasteiger partial charge < -0.3 is 9.80 Å². The van der Waals surface area contributed by atoms with Gasteiger partial charge in [-0.05, 0) is 54.1 Å². The van der Waals surface area contributed by atoms with Gasteiger partial charge in [-0.1, -0.05) is 36.4 Å². The fourth-order valence-corrected chi connectivity index (χ4v) is 4.41. The maximum atomic E-state index is 13.0. The Hall–Kier alpha value is -4.26. The number of nitrogens with zero attached hydrogens (tertiary/aromatic N) is 4. The fourth-order valence-electron chi connectivity index (χ4n) is 4.41. The molecule has 7 heteroatoms. The highest BCUT2D eigenvalue weighted by molar-refractivity contribution is 5.94. The molecule has 1 aromatic heterocycles. The molecule has 1 saturated heterocycles. The third-order valence-electron chi connectivity index (χ3n) is 6.47. The molecule has 4 aromatic rings. The molecule has 0 aliphatic carbocycles. The number of hydrogen-bond acceptors (Lipinski definition) is 5. The second kappa shape index (κ2) is 9.54. The van der Waals surface area contributed by atoms with Crippen molar-refractivity contribution in [3.05, 3.63) is 94.8 Å². The minimum atomic E-state index is -0.299. The summed E-state index contributed by atoms with van der Waals surface area (Å²) in [7, 11) is 0. The third kappa shape index (κ3) is 4.84. The van der Waals surface area contributed by atoms with E-state index in [1.165, 1.54) is 10.7 Å². The maximum Gasteiger partial charge on any atom is 0.267 e. The quantitative estimate of drug-likeness (QED) is 0.420. The van der Waals surface area contributed by atoms with Gasteiger partial charge in [0.2, 0.25) is 5.91 Å². The van der Waals surface area contributed by atoms with Crippen LogP contribution in [0.2, 0.25) is 0 Å². The number of benzene rings is 3. The summed E-state index contributed by atoms with van der Waals surface area (Å²) in [5, 5.41) is 6.71. The zero-order chi connectivity index (χ0) is 24.4. The van der Waals surface area contributed by atoms with Crippen molar-refractivity contribution in [2.75, 3.05) is 31.1 Å². The van der Waals surface area contributed by atoms with Gasteiger partial charge in [-0.2, -0.15) is 5.10 Å². The molecule has 1 aliphatic rings. The van der Waals surface area contributed by atoms with Crippen molar-refractivity contribution >= 4 is 28.2 Å². The summed E-state index contributed by atoms with van der Waals surface area (Å²) in [5.41, 5.74) is 2.97. The average molecular weight is 467 g/mol. The van der Waals surface area contributed by atoms with Crippen molar-refractivity contribution in [1.82, 2.24) is 14.7 Å². The Morgan fingerprint density at radius 1 is 0.829 bits per heavy atom. The highest BCUT2D eigenvalue weighted by atomic mass is 16.2. The molecule has 0 saturated carbocycles. The summed E-state index contributed by atoms with van der Waals surface area (Å²) in [6.45, 7) is 3.96. The van der Waals surface area contributed by atoms with Gasteiger partial charge in [0.05, 0.1) is 5.69 Å². The number of aromatic nitrogens is 2. The maximum absolute atomic E-state index is 13.0. The predicted octanol–water partition coefficient (Wildman–Crippen LogP) is 3.61. The van der Waals surface area contributed by atoms with E-state index in [1.807, 2.05) is 66.7 Å². The largest absolute Gasteiger partial charge is 0.368 e. The number of anilines is 1. The van der Waals surface area contributed by atoms with Gasteiger partial charge in [0, 0.05) is 49.1 Å². The van der Waals surface area contributed by atoms with E-state index in [1.54, 1.807) is 17.9 Å². The van der Waals surface area contributed by atoms with E-state index < -0.39 is 0 Å². The van der Waals surface area contributed by atoms with E-state index in [9.17, 15) is 14.4 Å². The third-order valence-corrected chi connectivity index (χ3v) is 6.47. The van der Waals surface area contributed by atoms with Crippen LogP contribution in [0.3, 0.4) is 0 Å². The Balaban J connectivity index is 1.26. The number of rotatable bonds is 5. The van der Waals surface area contributed by atoms with Crippen molar-refractivity contribution in [1.29, 1.82) is 0 Å². The summed E-state index contributed by atoms with van der Waals surface area (Å²) in [5.74, 6) is -0.0812. The Labute approximate surface area is 203 Å². The van der Waals surface area contributed by atoms with E-state index in [4.69, 9.17) is 0 Å². The molecule has 5 rings (SSSR count). The first-order valence-corrected chi connectivity index (χ1v) is 11.7. The second-order valence-electron chi connectivity index (χ2n) is 8.75. The lowest BCUT2D eigenvalue weighted by Crippen LogP contribution is -2.50. The highest BCUT2D eigenvalue weighted by Crippen LogP contribution is 2.22. The van der Waals surface area contributed by atoms with Crippen LogP contribution in [-0.4, -0.2) is 52.5 Å². The molecule has 1 aliphatic heterocycles. The predicted molar refractivity (Wildman–Crippen MR) is 137 cm³/mol. The van der Waals surface area contributed by atoms with Crippen LogP contribution in [0.5, 0.6) is 0 Å². The molecule has 0 N–H and O–H groups in total. The van der Waals surface area contributed by atoms with Gasteiger partial charge in [-0.25, -0.2) is 4.68 Å². The molecule has 3 aromatic carbocycles. The Morgan fingerprint density at radius 3 is 2.26 bits per heavy atom. The molecule has 0 radical (unpaired) electrons. The molecule has 176 valence electrons. The number of amides is 1. The average Bonchev–Trinajstić information content (AvgIpc) is 2.90. The Kier molecular flexibility index (Phi) is 6.14. The molecule has 0 bridgehead atoms. The first-order chi connectivity index (χ1) is 17.0. The molecule has 0 unspecified atom stereocenters. The standard InChI is InChI=1S/C28H26N4O3/c1-20(33)21-8-10-25(11-9-21)30-14-16-31(17-15-30)28(35)19-32-27(34)13-12-26(29-32)24-7-6-22-4-2-3-5-23(22)18-24/h2-13,18H,14-17,19H2,1H3. The van der Waals surface area contributed by atoms with Crippen LogP contribution < -0.4 is 10.5 Å². The van der Waals surface area contributed by atoms with Crippen LogP contribution in [0, 0.1) is 0 Å². The Morgan fingerprint density at radius 2 is 1.54 bits per heavy atom. The lowest BCUT2D eigenvalue weighted by atomic mass is 10.1. The fraction of sp³-hybridized carbons (Fsp3) is 0.214. The van der Waals surface area contributed by atoms with Crippen LogP contribution in [0.25, 0.3) is 22.0 Å². The monoisotopic (exact) mass is 466 g/mol. The summed E-state index contributed by atoms with van der Waals surface area (Å²) in [4.78, 5) is 40.9. The lowest BCUT2D eigenvalue weighted by Gasteiger charge is -2.36. The van der Waals surface area contributed by atoms with Gasteiger partial charge in [0.15, 0.2) is 5.78 Å². The summed E-state index contributed by atoms with van der Waals surface area (Å²) >= 11 is 0. The lowest BCUT2D eigenvalue weighted by molar-refractivity contribution is -0.132. The van der Waals surface area contributed by atoms with Crippen LogP contribution in [0.4, 0.5) is 5.69 Å². The van der Waals surface area contributed by atoms with Crippen LogP contribution >= 0.6 is 0 Å². The number of ketones is 1. The first-order valence-electron chi connectivity index (χ1n) is 11.7. The number of carbonyl (C=O) groups excluding carboxylic acids is 2. The van der Waals surface area contributed by atoms with Gasteiger partial charge in [-0.3, -0.25) is 14.4 Å². The molecular formula is C28H26N4O3. The molecule has 0 spiro atoms. The molecular weight excluding hydrogens is 440 g/mol. The van der Waals surface area contributed by atoms with Crippen LogP contribution in [-0.2, 0) is 11.3 Å². The smallest absolute Gasteiger partial charge is 0.267 e. The van der Waals surface area contributed by atoms with E-state index in [0.29, 0.717) is 37.4 Å². The number of Topliss-reactive ketones (excluding diaryl/α,β-unsaturated/α-hetero) is 1. The van der Waals surface area contributed by atoms with Gasteiger partial charge in [0.1, 0.15) is 6.54 Å². The van der Waals surface area contributed by atoms with E-state index in [2.05, 4.69) is 10.00 Å². The first kappa shape index (κ1) is 22.5. The van der Waals surface area contributed by atoms with Gasteiger partial charge in [-0.15, -0.1) is 0 Å². The molecule has 2 heterocycles. The molecule has 0 atom stereocenters. The van der Waals surface area contributed by atoms with Gasteiger partial charge >= 0.3 is 0 Å². The van der Waals surface area contributed by atoms with Crippen molar-refractivity contribution in [3.8, 4) is 11.3 Å². The van der Waals surface area contributed by atoms with Crippen LogP contribution in [0.15, 0.2) is 83.7 Å². The second-order valence-corrected chi connectivity index (χ2v) is 8.75. The molecule has 7 nitrogen and oxygen atoms in total. The van der Waals surface area contributed by atoms with E-state index in [-0.39, 0.29) is 23.8 Å². The minimum absolute atomic E-state index is 0.0421.